The van der Waals surface area contributed by atoms with E-state index in [9.17, 15) is 18.0 Å². The number of carbonyl (C=O) groups is 1. The highest BCUT2D eigenvalue weighted by Crippen LogP contribution is 2.57. The lowest BCUT2D eigenvalue weighted by atomic mass is 9.67. The van der Waals surface area contributed by atoms with E-state index in [0.717, 1.165) is 79.2 Å². The lowest BCUT2D eigenvalue weighted by Gasteiger charge is -2.36. The van der Waals surface area contributed by atoms with Crippen molar-refractivity contribution >= 4 is 28.9 Å². The number of benzene rings is 3. The number of hydrogen-bond donors (Lipinski definition) is 3. The zero-order valence-corrected chi connectivity index (χ0v) is 40.5. The van der Waals surface area contributed by atoms with E-state index in [1.165, 1.54) is 46.1 Å². The molecule has 2 aliphatic heterocycles. The monoisotopic (exact) mass is 980 g/mol. The second-order valence-corrected chi connectivity index (χ2v) is 18.7. The first-order valence-corrected chi connectivity index (χ1v) is 24.5. The number of piperazine rings is 1. The molecule has 16 heteroatoms. The maximum absolute atomic E-state index is 13.3. The van der Waals surface area contributed by atoms with Crippen LogP contribution in [-0.2, 0) is 7.05 Å². The first kappa shape index (κ1) is 48.4. The quantitative estimate of drug-likeness (QED) is 0.130. The molecule has 4 aliphatic rings. The number of aryl methyl sites for hydroxylation is 1. The smallest absolute Gasteiger partial charge is 0.324 e. The van der Waals surface area contributed by atoms with Crippen molar-refractivity contribution in [1.29, 1.82) is 0 Å². The number of pyridine rings is 3. The fourth-order valence-electron chi connectivity index (χ4n) is 9.87. The van der Waals surface area contributed by atoms with E-state index in [-0.39, 0.29) is 11.6 Å². The van der Waals surface area contributed by atoms with Gasteiger partial charge in [0, 0.05) is 117 Å². The van der Waals surface area contributed by atoms with Crippen LogP contribution < -0.4 is 15.5 Å². The van der Waals surface area contributed by atoms with Crippen molar-refractivity contribution in [2.45, 2.75) is 42.9 Å². The molecule has 1 saturated heterocycles. The first-order chi connectivity index (χ1) is 35.6. The highest BCUT2D eigenvalue weighted by Gasteiger charge is 2.43. The summed E-state index contributed by atoms with van der Waals surface area (Å²) in [7, 11) is 4.12. The van der Waals surface area contributed by atoms with Crippen molar-refractivity contribution in [1.82, 2.24) is 45.1 Å². The molecule has 5 aromatic heterocycles. The average molecular weight is 981 g/mol. The maximum Gasteiger partial charge on any atom is 0.324 e. The molecule has 3 aromatic carbocycles. The molecule has 0 spiro atoms. The number of H-pyrrole nitrogens is 1. The number of nitrogens with zero attached hydrogens (tertiary/aromatic N) is 9. The van der Waals surface area contributed by atoms with Crippen LogP contribution in [0.2, 0.25) is 0 Å². The van der Waals surface area contributed by atoms with Gasteiger partial charge in [0.1, 0.15) is 23.3 Å². The number of amidine groups is 1. The van der Waals surface area contributed by atoms with E-state index in [1.54, 1.807) is 42.7 Å². The zero-order valence-electron chi connectivity index (χ0n) is 40.5. The average Bonchev–Trinajstić information content (AvgIpc) is 3.63. The predicted octanol–water partition coefficient (Wildman–Crippen LogP) is 10.8. The second-order valence-electron chi connectivity index (χ2n) is 18.7. The number of amides is 2. The number of aromatic amines is 1. The van der Waals surface area contributed by atoms with Crippen LogP contribution >= 0.6 is 0 Å². The summed E-state index contributed by atoms with van der Waals surface area (Å²) in [5.74, 6) is 2.38. The number of nitrogens with one attached hydrogen (secondary N) is 3. The minimum atomic E-state index is -0.466. The molecular weight excluding hydrogens is 926 g/mol. The van der Waals surface area contributed by atoms with E-state index < -0.39 is 11.8 Å². The number of anilines is 2. The van der Waals surface area contributed by atoms with Crippen LogP contribution in [0, 0.1) is 17.5 Å². The summed E-state index contributed by atoms with van der Waals surface area (Å²) in [5.41, 5.74) is 11.5. The van der Waals surface area contributed by atoms with Crippen LogP contribution in [0.3, 0.4) is 0 Å². The van der Waals surface area contributed by atoms with Gasteiger partial charge in [-0.15, -0.1) is 0 Å². The minimum Gasteiger partial charge on any atom is -0.352 e. The Balaban J connectivity index is 0.000000127. The lowest BCUT2D eigenvalue weighted by molar-refractivity contribution is 0.256. The molecule has 2 saturated carbocycles. The number of urea groups is 1. The summed E-state index contributed by atoms with van der Waals surface area (Å²) >= 11 is 0. The molecule has 2 amide bonds. The third-order valence-corrected chi connectivity index (χ3v) is 13.9. The number of rotatable bonds is 9. The van der Waals surface area contributed by atoms with Gasteiger partial charge >= 0.3 is 6.03 Å². The van der Waals surface area contributed by atoms with Gasteiger partial charge in [-0.1, -0.05) is 36.4 Å². The second kappa shape index (κ2) is 22.0. The lowest BCUT2D eigenvalue weighted by Crippen LogP contribution is -2.44. The maximum atomic E-state index is 13.3. The number of aromatic nitrogens is 7. The normalized spacial score (nSPS) is 19.0. The van der Waals surface area contributed by atoms with Crippen LogP contribution in [0.25, 0.3) is 27.8 Å². The van der Waals surface area contributed by atoms with Crippen molar-refractivity contribution < 1.29 is 18.0 Å². The molecule has 4 unspecified atom stereocenters. The largest absolute Gasteiger partial charge is 0.352 e. The highest BCUT2D eigenvalue weighted by atomic mass is 19.1. The van der Waals surface area contributed by atoms with Crippen molar-refractivity contribution in [3.8, 4) is 22.3 Å². The van der Waals surface area contributed by atoms with Crippen LogP contribution in [-0.4, -0.2) is 91.5 Å². The summed E-state index contributed by atoms with van der Waals surface area (Å²) in [6.45, 7) is 4.54. The number of aliphatic imine (C=N–C) groups is 1. The number of carbonyl (C=O) groups excluding carboxylic acids is 1. The summed E-state index contributed by atoms with van der Waals surface area (Å²) < 4.78 is 41.4. The Kier molecular flexibility index (Phi) is 14.6. The number of hydrogen-bond acceptors (Lipinski definition) is 9. The molecular formula is C57H55F3N12O. The molecule has 2 aliphatic carbocycles. The summed E-state index contributed by atoms with van der Waals surface area (Å²) in [6.07, 6.45) is 18.0. The zero-order chi connectivity index (χ0) is 50.3. The van der Waals surface area contributed by atoms with Gasteiger partial charge in [0.25, 0.3) is 0 Å². The van der Waals surface area contributed by atoms with Crippen molar-refractivity contribution in [3.63, 3.8) is 0 Å². The van der Waals surface area contributed by atoms with Gasteiger partial charge in [-0.3, -0.25) is 35.0 Å². The Morgan fingerprint density at radius 2 is 1.25 bits per heavy atom. The van der Waals surface area contributed by atoms with Crippen LogP contribution in [0.15, 0.2) is 164 Å². The van der Waals surface area contributed by atoms with Crippen molar-refractivity contribution in [2.24, 2.45) is 12.0 Å². The van der Waals surface area contributed by atoms with E-state index in [1.807, 2.05) is 91.1 Å². The molecule has 0 radical (unpaired) electrons. The van der Waals surface area contributed by atoms with Gasteiger partial charge in [0.15, 0.2) is 5.82 Å². The third-order valence-electron chi connectivity index (χ3n) is 13.9. The van der Waals surface area contributed by atoms with E-state index in [2.05, 4.69) is 70.9 Å². The van der Waals surface area contributed by atoms with Gasteiger partial charge in [-0.25, -0.2) is 18.0 Å². The molecule has 73 heavy (non-hydrogen) atoms. The molecule has 4 atom stereocenters. The van der Waals surface area contributed by atoms with Gasteiger partial charge in [-0.2, -0.15) is 10.2 Å². The Morgan fingerprint density at radius 3 is 1.86 bits per heavy atom. The van der Waals surface area contributed by atoms with Crippen LogP contribution in [0.1, 0.15) is 71.0 Å². The van der Waals surface area contributed by atoms with Crippen molar-refractivity contribution in [3.05, 3.63) is 204 Å². The summed E-state index contributed by atoms with van der Waals surface area (Å²) in [5, 5.41) is 18.1. The van der Waals surface area contributed by atoms with E-state index in [0.29, 0.717) is 41.7 Å². The molecule has 12 rings (SSSR count). The SMILES string of the molecule is CN1CCN(c2n[nH]c(C3CC3c3ccc(F)cc3)c2-c2ccncc2)CC1.Cn1cc(-c2ccncc2)c(C2CCC2c2ccc(F)cc2)n1.O=C(NC1=NCC=C1c1ccncc1)Nc1cccc(F)c1. The van der Waals surface area contributed by atoms with Gasteiger partial charge in [0.05, 0.1) is 12.2 Å². The standard InChI is InChI=1S/C22H24FN5.C19H18FN3.C16H13FN4O/c1-27-10-12-28(13-11-27)22-20(16-6-8-24-9-7-16)21(25-26-22)19-14-18(19)15-2-4-17(23)5-3-15;1-23-12-18(14-8-10-21-11-9-14)19(22-23)17-7-6-16(17)13-2-4-15(20)5-3-13;17-12-2-1-3-13(10-12)20-16(22)21-15-14(6-9-19-15)11-4-7-18-8-5-11/h2-9,18-19H,10-14H2,1H3,(H,25,26);2-5,8-12,16-17H,6-7H2,1H3;1-8,10H,9H2,(H2,19,20,21,22). The molecule has 370 valence electrons. The topological polar surface area (TPSA) is 145 Å². The Bertz CT molecular complexity index is 3190. The van der Waals surface area contributed by atoms with E-state index >= 15 is 0 Å². The molecule has 8 aromatic rings. The van der Waals surface area contributed by atoms with Gasteiger partial charge in [-0.05, 0) is 145 Å². The van der Waals surface area contributed by atoms with Crippen LogP contribution in [0.5, 0.6) is 0 Å². The fraction of sp³-hybridized carbons (Fsp3) is 0.246. The predicted molar refractivity (Wildman–Crippen MR) is 279 cm³/mol. The van der Waals surface area contributed by atoms with Gasteiger partial charge < -0.3 is 15.1 Å². The number of likely N-dealkylation sites (N-methyl/N-ethyl adjacent to an activating group) is 1. The van der Waals surface area contributed by atoms with Crippen LogP contribution in [0.4, 0.5) is 29.5 Å². The van der Waals surface area contributed by atoms with Gasteiger partial charge in [0.2, 0.25) is 0 Å². The molecule has 3 fully saturated rings. The summed E-state index contributed by atoms with van der Waals surface area (Å²) in [6, 6.07) is 30.9. The molecule has 7 heterocycles. The third kappa shape index (κ3) is 11.4. The molecule has 3 N–H and O–H groups in total. The summed E-state index contributed by atoms with van der Waals surface area (Å²) in [4.78, 5) is 33.2. The van der Waals surface area contributed by atoms with Crippen molar-refractivity contribution in [2.75, 3.05) is 50.0 Å². The Hall–Kier alpha value is -8.24. The molecule has 13 nitrogen and oxygen atoms in total. The van der Waals surface area contributed by atoms with E-state index in [4.69, 9.17) is 10.2 Å². The number of halogens is 3. The Morgan fingerprint density at radius 1 is 0.644 bits per heavy atom. The minimum absolute atomic E-state index is 0.181. The Labute approximate surface area is 422 Å². The highest BCUT2D eigenvalue weighted by molar-refractivity contribution is 6.28. The molecule has 0 bridgehead atoms. The fourth-order valence-corrected chi connectivity index (χ4v) is 9.87. The first-order valence-electron chi connectivity index (χ1n) is 24.5.